The topological polar surface area (TPSA) is 125 Å². The zero-order chi connectivity index (χ0) is 38.5. The first-order valence-electron chi connectivity index (χ1n) is 19.0. The number of benzene rings is 4. The highest BCUT2D eigenvalue weighted by atomic mass is 16.5. The Labute approximate surface area is 321 Å². The summed E-state index contributed by atoms with van der Waals surface area (Å²) in [5, 5.41) is 16.0. The number of hydrogen-bond acceptors (Lipinski definition) is 7. The minimum absolute atomic E-state index is 0.104. The molecule has 3 fully saturated rings. The van der Waals surface area contributed by atoms with Crippen LogP contribution in [0, 0.1) is 11.8 Å². The largest absolute Gasteiger partial charge is 0.463 e. The summed E-state index contributed by atoms with van der Waals surface area (Å²) < 4.78 is 12.4. The molecule has 10 heteroatoms. The van der Waals surface area contributed by atoms with Gasteiger partial charge in [0, 0.05) is 18.7 Å². The number of aliphatic hydroxyl groups is 1. The van der Waals surface area contributed by atoms with E-state index in [0.717, 1.165) is 21.9 Å². The number of allylic oxidation sites excluding steroid dienone is 1. The molecule has 4 aromatic rings. The van der Waals surface area contributed by atoms with E-state index in [9.17, 15) is 14.7 Å². The number of ether oxygens (including phenoxy) is 2. The number of amides is 3. The van der Waals surface area contributed by atoms with Crippen molar-refractivity contribution in [3.8, 4) is 0 Å². The van der Waals surface area contributed by atoms with Crippen molar-refractivity contribution in [3.63, 3.8) is 0 Å². The van der Waals surface area contributed by atoms with E-state index in [1.807, 2.05) is 103 Å². The van der Waals surface area contributed by atoms with Crippen LogP contribution in [0.3, 0.4) is 0 Å². The smallest absolute Gasteiger partial charge is 0.306 e. The van der Waals surface area contributed by atoms with Crippen molar-refractivity contribution in [2.45, 2.75) is 61.9 Å². The second kappa shape index (κ2) is 16.4. The third kappa shape index (κ3) is 7.32. The van der Waals surface area contributed by atoms with E-state index in [2.05, 4.69) is 18.5 Å². The zero-order valence-corrected chi connectivity index (χ0v) is 30.8. The maximum atomic E-state index is 15.3. The van der Waals surface area contributed by atoms with Crippen molar-refractivity contribution in [3.05, 3.63) is 140 Å². The van der Waals surface area contributed by atoms with Gasteiger partial charge in [-0.05, 0) is 59.7 Å². The van der Waals surface area contributed by atoms with Crippen molar-refractivity contribution in [2.24, 2.45) is 11.8 Å². The molecular formula is C45H47N3O7. The molecule has 3 aliphatic rings. The number of fused-ring (bicyclic) bond motifs is 2. The van der Waals surface area contributed by atoms with E-state index in [0.29, 0.717) is 31.4 Å². The second-order valence-corrected chi connectivity index (χ2v) is 14.6. The van der Waals surface area contributed by atoms with Gasteiger partial charge in [0.05, 0.1) is 36.6 Å². The van der Waals surface area contributed by atoms with E-state index >= 15 is 9.59 Å². The summed E-state index contributed by atoms with van der Waals surface area (Å²) in [6.45, 7) is 7.26. The molecule has 1 spiro atoms. The van der Waals surface area contributed by atoms with Gasteiger partial charge in [0.1, 0.15) is 18.2 Å². The summed E-state index contributed by atoms with van der Waals surface area (Å²) in [5.41, 5.74) is 0.938. The van der Waals surface area contributed by atoms with Crippen molar-refractivity contribution < 1.29 is 33.8 Å². The summed E-state index contributed by atoms with van der Waals surface area (Å²) in [4.78, 5) is 60.5. The predicted octanol–water partition coefficient (Wildman–Crippen LogP) is 5.70. The number of nitrogens with zero attached hydrogens (tertiary/aromatic N) is 2. The van der Waals surface area contributed by atoms with Gasteiger partial charge >= 0.3 is 5.97 Å². The molecule has 10 nitrogen and oxygen atoms in total. The molecule has 7 rings (SSSR count). The van der Waals surface area contributed by atoms with Gasteiger partial charge in [0.15, 0.2) is 0 Å². The van der Waals surface area contributed by atoms with Crippen LogP contribution >= 0.6 is 0 Å². The summed E-state index contributed by atoms with van der Waals surface area (Å²) in [6.07, 6.45) is 4.45. The van der Waals surface area contributed by atoms with Crippen LogP contribution in [-0.2, 0) is 35.1 Å². The third-order valence-electron chi connectivity index (χ3n) is 11.3. The van der Waals surface area contributed by atoms with Crippen molar-refractivity contribution in [1.82, 2.24) is 10.2 Å². The number of anilines is 1. The fourth-order valence-corrected chi connectivity index (χ4v) is 8.79. The minimum Gasteiger partial charge on any atom is -0.463 e. The molecule has 0 aromatic heterocycles. The molecule has 2 N–H and O–H groups in total. The molecular weight excluding hydrogens is 695 g/mol. The highest BCUT2D eigenvalue weighted by molar-refractivity contribution is 6.06. The molecule has 0 radical (unpaired) electrons. The van der Waals surface area contributed by atoms with Crippen molar-refractivity contribution >= 4 is 40.2 Å². The Hall–Kier alpha value is -5.58. The lowest BCUT2D eigenvalue weighted by Gasteiger charge is -2.39. The summed E-state index contributed by atoms with van der Waals surface area (Å²) >= 11 is 0. The van der Waals surface area contributed by atoms with Gasteiger partial charge in [-0.1, -0.05) is 103 Å². The number of carbonyl (C=O) groups excluding carboxylic acids is 4. The summed E-state index contributed by atoms with van der Waals surface area (Å²) in [7, 11) is 0. The number of likely N-dealkylation sites (tertiary alicyclic amines) is 1. The second-order valence-electron chi connectivity index (χ2n) is 14.6. The number of carbonyl (C=O) groups is 4. The van der Waals surface area contributed by atoms with Gasteiger partial charge in [-0.3, -0.25) is 19.2 Å². The highest BCUT2D eigenvalue weighted by Crippen LogP contribution is 2.59. The number of nitrogens with one attached hydrogen (secondary N) is 1. The first-order valence-corrected chi connectivity index (χ1v) is 19.0. The average molecular weight is 742 g/mol. The number of rotatable bonds is 16. The number of esters is 1. The quantitative estimate of drug-likeness (QED) is 0.112. The van der Waals surface area contributed by atoms with E-state index in [4.69, 9.17) is 9.47 Å². The van der Waals surface area contributed by atoms with Crippen LogP contribution in [0.25, 0.3) is 10.8 Å². The molecule has 4 aromatic carbocycles. The molecule has 0 unspecified atom stereocenters. The van der Waals surface area contributed by atoms with Crippen LogP contribution in [-0.4, -0.2) is 77.2 Å². The maximum Gasteiger partial charge on any atom is 0.306 e. The molecule has 2 bridgehead atoms. The van der Waals surface area contributed by atoms with Crippen LogP contribution in [0.2, 0.25) is 0 Å². The Morgan fingerprint density at radius 1 is 0.964 bits per heavy atom. The number of hydrogen-bond donors (Lipinski definition) is 2. The highest BCUT2D eigenvalue weighted by Gasteiger charge is 2.75. The lowest BCUT2D eigenvalue weighted by molar-refractivity contribution is -0.146. The molecule has 284 valence electrons. The van der Waals surface area contributed by atoms with Crippen molar-refractivity contribution in [2.75, 3.05) is 24.7 Å². The molecule has 3 saturated heterocycles. The Bertz CT molecular complexity index is 2060. The molecule has 0 aliphatic carbocycles. The van der Waals surface area contributed by atoms with Gasteiger partial charge in [0.2, 0.25) is 11.8 Å². The van der Waals surface area contributed by atoms with E-state index in [1.165, 1.54) is 4.90 Å². The summed E-state index contributed by atoms with van der Waals surface area (Å²) in [6, 6.07) is 29.8. The Balaban J connectivity index is 1.25. The minimum atomic E-state index is -1.32. The van der Waals surface area contributed by atoms with E-state index in [-0.39, 0.29) is 25.5 Å². The van der Waals surface area contributed by atoms with E-state index in [1.54, 1.807) is 17.1 Å². The first-order chi connectivity index (χ1) is 26.8. The fourth-order valence-electron chi connectivity index (χ4n) is 8.79. The van der Waals surface area contributed by atoms with Gasteiger partial charge < -0.3 is 29.7 Å². The van der Waals surface area contributed by atoms with Gasteiger partial charge in [-0.25, -0.2) is 0 Å². The molecule has 0 saturated carbocycles. The SMILES string of the molecule is C=CCCC(=O)OC[C@H](NC(=O)[C@@H]1[C@H]2C(=O)N([C@@H](CO)Cc3ccccc3)[C@H](C(=O)N(CC=C)c3ccc4ccccc4c3)[C@]23CC[C@H]1O3)c1ccccc1. The molecule has 3 heterocycles. The van der Waals surface area contributed by atoms with Gasteiger partial charge in [0.25, 0.3) is 5.91 Å². The third-order valence-corrected chi connectivity index (χ3v) is 11.3. The van der Waals surface area contributed by atoms with Crippen LogP contribution in [0.1, 0.15) is 42.9 Å². The molecule has 3 amide bonds. The zero-order valence-electron chi connectivity index (χ0n) is 30.8. The van der Waals surface area contributed by atoms with Crippen LogP contribution in [0.5, 0.6) is 0 Å². The molecule has 55 heavy (non-hydrogen) atoms. The normalized spacial score (nSPS) is 23.5. The van der Waals surface area contributed by atoms with Gasteiger partial charge in [-0.2, -0.15) is 0 Å². The summed E-state index contributed by atoms with van der Waals surface area (Å²) in [5.74, 6) is -3.51. The molecule has 7 atom stereocenters. The Morgan fingerprint density at radius 2 is 1.67 bits per heavy atom. The first kappa shape index (κ1) is 37.7. The maximum absolute atomic E-state index is 15.3. The Morgan fingerprint density at radius 3 is 2.38 bits per heavy atom. The van der Waals surface area contributed by atoms with Crippen LogP contribution in [0.4, 0.5) is 5.69 Å². The van der Waals surface area contributed by atoms with E-state index < -0.39 is 66.1 Å². The lowest BCUT2D eigenvalue weighted by atomic mass is 9.70. The monoisotopic (exact) mass is 741 g/mol. The number of aliphatic hydroxyl groups excluding tert-OH is 1. The van der Waals surface area contributed by atoms with Crippen molar-refractivity contribution in [1.29, 1.82) is 0 Å². The average Bonchev–Trinajstić information content (AvgIpc) is 3.87. The lowest BCUT2D eigenvalue weighted by Crippen LogP contribution is -2.59. The predicted molar refractivity (Wildman–Crippen MR) is 210 cm³/mol. The van der Waals surface area contributed by atoms with Crippen LogP contribution in [0.15, 0.2) is 128 Å². The van der Waals surface area contributed by atoms with Crippen LogP contribution < -0.4 is 10.2 Å². The Kier molecular flexibility index (Phi) is 11.3. The van der Waals surface area contributed by atoms with Gasteiger partial charge in [-0.15, -0.1) is 13.2 Å². The fraction of sp³-hybridized carbons (Fsp3) is 0.333. The molecule has 3 aliphatic heterocycles. The standard InChI is InChI=1S/C45H47N3O7/c1-3-5-20-38(50)54-29-36(32-17-10-7-11-18-32)46-42(51)39-37-23-24-45(55-37)40(39)43(52)48(35(28-49)26-30-14-8-6-9-15-30)41(45)44(53)47(25-4-2)34-22-21-31-16-12-13-19-33(31)27-34/h3-4,6-19,21-22,27,35-37,39-41,49H,1-2,5,20,23-26,28-29H2,(H,46,51)/t35-,36+,37-,39+,40+,41-,45+/m1/s1.